The highest BCUT2D eigenvalue weighted by atomic mass is 16.5. The lowest BCUT2D eigenvalue weighted by Crippen LogP contribution is -2.38. The number of carbonyl (C=O) groups excluding carboxylic acids is 2. The van der Waals surface area contributed by atoms with E-state index in [0.29, 0.717) is 37.2 Å². The minimum atomic E-state index is -0.614. The lowest BCUT2D eigenvalue weighted by atomic mass is 9.78. The van der Waals surface area contributed by atoms with Crippen LogP contribution in [0.2, 0.25) is 0 Å². The van der Waals surface area contributed by atoms with E-state index in [1.807, 2.05) is 102 Å². The van der Waals surface area contributed by atoms with Crippen molar-refractivity contribution in [3.05, 3.63) is 137 Å². The third kappa shape index (κ3) is 6.12. The van der Waals surface area contributed by atoms with Gasteiger partial charge in [0.25, 0.3) is 0 Å². The Morgan fingerprint density at radius 2 is 1.53 bits per heavy atom. The van der Waals surface area contributed by atoms with Crippen molar-refractivity contribution >= 4 is 23.1 Å². The zero-order valence-electron chi connectivity index (χ0n) is 24.7. The third-order valence-corrected chi connectivity index (χ3v) is 8.47. The van der Waals surface area contributed by atoms with Gasteiger partial charge in [0.15, 0.2) is 5.78 Å². The molecule has 2 aliphatic rings. The van der Waals surface area contributed by atoms with Crippen LogP contribution < -0.4 is 15.0 Å². The van der Waals surface area contributed by atoms with E-state index in [2.05, 4.69) is 24.4 Å². The average Bonchev–Trinajstić information content (AvgIpc) is 3.19. The molecule has 0 unspecified atom stereocenters. The fourth-order valence-electron chi connectivity index (χ4n) is 6.34. The van der Waals surface area contributed by atoms with E-state index < -0.39 is 6.04 Å². The van der Waals surface area contributed by atoms with E-state index in [9.17, 15) is 9.59 Å². The van der Waals surface area contributed by atoms with Crippen LogP contribution in [-0.4, -0.2) is 11.7 Å². The largest absolute Gasteiger partial charge is 0.489 e. The molecule has 2 atom stereocenters. The summed E-state index contributed by atoms with van der Waals surface area (Å²) in [4.78, 5) is 30.5. The van der Waals surface area contributed by atoms with E-state index in [-0.39, 0.29) is 17.6 Å². The molecule has 0 spiro atoms. The van der Waals surface area contributed by atoms with E-state index in [0.717, 1.165) is 53.0 Å². The van der Waals surface area contributed by atoms with Crippen molar-refractivity contribution in [2.24, 2.45) is 0 Å². The molecule has 6 rings (SSSR count). The van der Waals surface area contributed by atoms with Gasteiger partial charge in [0, 0.05) is 29.7 Å². The second kappa shape index (κ2) is 13.1. The molecule has 4 aromatic carbocycles. The molecular weight excluding hydrogens is 532 g/mol. The summed E-state index contributed by atoms with van der Waals surface area (Å²) in [7, 11) is 0. The minimum absolute atomic E-state index is 0.0114. The molecule has 0 bridgehead atoms. The van der Waals surface area contributed by atoms with Gasteiger partial charge in [-0.2, -0.15) is 0 Å². The summed E-state index contributed by atoms with van der Waals surface area (Å²) in [6.07, 6.45) is 4.29. The number of ether oxygens (including phenoxy) is 1. The van der Waals surface area contributed by atoms with Crippen LogP contribution in [0.15, 0.2) is 120 Å². The lowest BCUT2D eigenvalue weighted by molar-refractivity contribution is -0.119. The Bertz CT molecular complexity index is 1610. The first-order chi connectivity index (χ1) is 21.1. The zero-order valence-corrected chi connectivity index (χ0v) is 24.7. The second-order valence-corrected chi connectivity index (χ2v) is 11.4. The number of nitrogens with one attached hydrogen (secondary N) is 1. The van der Waals surface area contributed by atoms with E-state index in [1.54, 1.807) is 0 Å². The Hall–Kier alpha value is -4.64. The summed E-state index contributed by atoms with van der Waals surface area (Å²) in [6.45, 7) is 2.53. The quantitative estimate of drug-likeness (QED) is 0.204. The van der Waals surface area contributed by atoms with Crippen LogP contribution in [0.1, 0.15) is 74.1 Å². The number of benzene rings is 4. The number of ketones is 1. The molecule has 5 heteroatoms. The number of amides is 1. The Morgan fingerprint density at radius 1 is 0.837 bits per heavy atom. The molecule has 0 aromatic heterocycles. The normalized spacial score (nSPS) is 17.9. The predicted octanol–water partition coefficient (Wildman–Crippen LogP) is 8.75. The van der Waals surface area contributed by atoms with E-state index in [1.165, 1.54) is 0 Å². The molecule has 43 heavy (non-hydrogen) atoms. The summed E-state index contributed by atoms with van der Waals surface area (Å²) in [6, 6.07) is 35.5. The molecule has 0 saturated heterocycles. The summed E-state index contributed by atoms with van der Waals surface area (Å²) in [5.41, 5.74) is 6.18. The van der Waals surface area contributed by atoms with Gasteiger partial charge < -0.3 is 10.1 Å². The molecule has 1 heterocycles. The maximum atomic E-state index is 14.3. The summed E-state index contributed by atoms with van der Waals surface area (Å²) in [5, 5.41) is 3.64. The summed E-state index contributed by atoms with van der Waals surface area (Å²) >= 11 is 0. The van der Waals surface area contributed by atoms with E-state index >= 15 is 0 Å². The molecule has 1 N–H and O–H groups in total. The molecule has 0 radical (unpaired) electrons. The van der Waals surface area contributed by atoms with Crippen molar-refractivity contribution in [3.63, 3.8) is 0 Å². The molecular formula is C38H38N2O3. The van der Waals surface area contributed by atoms with Gasteiger partial charge in [0.2, 0.25) is 5.91 Å². The maximum absolute atomic E-state index is 14.3. The monoisotopic (exact) mass is 570 g/mol. The zero-order chi connectivity index (χ0) is 29.6. The summed E-state index contributed by atoms with van der Waals surface area (Å²) in [5.74, 6) is 0.804. The van der Waals surface area contributed by atoms with Crippen molar-refractivity contribution in [2.45, 2.75) is 64.0 Å². The van der Waals surface area contributed by atoms with Crippen LogP contribution in [0.5, 0.6) is 5.75 Å². The first-order valence-corrected chi connectivity index (χ1v) is 15.4. The number of rotatable bonds is 9. The number of fused-ring (bicyclic) bond motifs is 1. The number of carbonyl (C=O) groups is 2. The smallest absolute Gasteiger partial charge is 0.227 e. The van der Waals surface area contributed by atoms with Gasteiger partial charge >= 0.3 is 0 Å². The molecule has 4 aromatic rings. The van der Waals surface area contributed by atoms with Crippen molar-refractivity contribution in [1.29, 1.82) is 0 Å². The van der Waals surface area contributed by atoms with Crippen LogP contribution in [0.3, 0.4) is 0 Å². The van der Waals surface area contributed by atoms with Crippen molar-refractivity contribution in [1.82, 2.24) is 0 Å². The van der Waals surface area contributed by atoms with Gasteiger partial charge in [-0.05, 0) is 48.1 Å². The van der Waals surface area contributed by atoms with Crippen LogP contribution in [0, 0.1) is 0 Å². The fraction of sp³-hybridized carbons (Fsp3) is 0.263. The number of unbranched alkanes of at least 4 members (excludes halogenated alkanes) is 2. The molecule has 218 valence electrons. The highest BCUT2D eigenvalue weighted by Gasteiger charge is 2.42. The maximum Gasteiger partial charge on any atom is 0.227 e. The Labute approximate surface area is 254 Å². The van der Waals surface area contributed by atoms with E-state index in [4.69, 9.17) is 4.74 Å². The number of hydrogen-bond acceptors (Lipinski definition) is 4. The van der Waals surface area contributed by atoms with Crippen molar-refractivity contribution < 1.29 is 14.3 Å². The fourth-order valence-corrected chi connectivity index (χ4v) is 6.34. The standard InChI is InChI=1S/C38H38N2O3/c1-2-3-6-23-36(42)40-33-21-13-12-20-31(33)39-32-24-29(28-17-9-5-10-18-28)25-34(41)37(32)38(40)30-19-11-14-22-35(30)43-26-27-15-7-4-8-16-27/h4-5,7-22,29,38-39H,2-3,6,23-26H2,1H3/t29-,38+/m0/s1. The van der Waals surface area contributed by atoms with Gasteiger partial charge in [-0.1, -0.05) is 111 Å². The number of hydrogen-bond donors (Lipinski definition) is 1. The molecule has 0 fully saturated rings. The minimum Gasteiger partial charge on any atom is -0.489 e. The topological polar surface area (TPSA) is 58.6 Å². The van der Waals surface area contributed by atoms with Gasteiger partial charge in [-0.25, -0.2) is 0 Å². The molecule has 1 amide bonds. The number of Topliss-reactive ketones (excluding diaryl/α,β-unsaturated/α-hetero) is 1. The van der Waals surface area contributed by atoms with Crippen molar-refractivity contribution in [3.8, 4) is 5.75 Å². The first kappa shape index (κ1) is 28.5. The second-order valence-electron chi connectivity index (χ2n) is 11.4. The third-order valence-electron chi connectivity index (χ3n) is 8.47. The highest BCUT2D eigenvalue weighted by molar-refractivity contribution is 6.06. The predicted molar refractivity (Wildman–Crippen MR) is 172 cm³/mol. The molecule has 1 aliphatic carbocycles. The van der Waals surface area contributed by atoms with Gasteiger partial charge in [-0.3, -0.25) is 14.5 Å². The van der Waals surface area contributed by atoms with Gasteiger partial charge in [-0.15, -0.1) is 0 Å². The number of anilines is 2. The highest BCUT2D eigenvalue weighted by Crippen LogP contribution is 2.49. The SMILES string of the molecule is CCCCCC(=O)N1c2ccccc2NC2=C(C(=O)C[C@@H](c3ccccc3)C2)[C@H]1c1ccccc1OCc1ccccc1. The van der Waals surface area contributed by atoms with Crippen LogP contribution in [0.4, 0.5) is 11.4 Å². The van der Waals surface area contributed by atoms with Crippen molar-refractivity contribution in [2.75, 3.05) is 10.2 Å². The molecule has 5 nitrogen and oxygen atoms in total. The summed E-state index contributed by atoms with van der Waals surface area (Å²) < 4.78 is 6.44. The average molecular weight is 571 g/mol. The Kier molecular flexibility index (Phi) is 8.69. The van der Waals surface area contributed by atoms with Gasteiger partial charge in [0.1, 0.15) is 12.4 Å². The Balaban J connectivity index is 1.49. The number of nitrogens with zero attached hydrogens (tertiary/aromatic N) is 1. The number of allylic oxidation sites excluding steroid dienone is 1. The first-order valence-electron chi connectivity index (χ1n) is 15.4. The van der Waals surface area contributed by atoms with Crippen LogP contribution in [0.25, 0.3) is 0 Å². The van der Waals surface area contributed by atoms with Gasteiger partial charge in [0.05, 0.1) is 17.4 Å². The van der Waals surface area contributed by atoms with Crippen LogP contribution >= 0.6 is 0 Å². The molecule has 0 saturated carbocycles. The Morgan fingerprint density at radius 3 is 2.33 bits per heavy atom. The lowest BCUT2D eigenvalue weighted by Gasteiger charge is -2.36. The molecule has 1 aliphatic heterocycles. The van der Waals surface area contributed by atoms with Crippen LogP contribution in [-0.2, 0) is 16.2 Å². The number of para-hydroxylation sites is 3.